The molecule has 7 atom stereocenters. The molecular formula is C32H64NO11P. The number of unbranched alkanes of at least 4 members (excludes halogenated alkanes) is 10. The van der Waals surface area contributed by atoms with E-state index in [1.54, 1.807) is 20.8 Å². The van der Waals surface area contributed by atoms with Crippen LogP contribution in [0.4, 0.5) is 0 Å². The highest BCUT2D eigenvalue weighted by atomic mass is 31.2. The van der Waals surface area contributed by atoms with Crippen molar-refractivity contribution in [3.63, 3.8) is 0 Å². The fraction of sp³-hybridized carbons (Fsp3) is 0.969. The Balaban J connectivity index is 2.10. The Bertz CT molecular complexity index is 848. The Labute approximate surface area is 271 Å². The third-order valence-electron chi connectivity index (χ3n) is 7.28. The number of hydrogen-bond acceptors (Lipinski definition) is 10. The van der Waals surface area contributed by atoms with Crippen molar-refractivity contribution in [2.24, 2.45) is 5.41 Å². The van der Waals surface area contributed by atoms with E-state index >= 15 is 0 Å². The normalized spacial score (nSPS) is 24.7. The summed E-state index contributed by atoms with van der Waals surface area (Å²) in [4.78, 5) is 21.7. The molecule has 0 aliphatic carbocycles. The zero-order valence-corrected chi connectivity index (χ0v) is 29.8. The highest BCUT2D eigenvalue weighted by molar-refractivity contribution is 7.47. The second kappa shape index (κ2) is 21.3. The van der Waals surface area contributed by atoms with Crippen molar-refractivity contribution in [3.8, 4) is 0 Å². The van der Waals surface area contributed by atoms with E-state index in [4.69, 9.17) is 23.3 Å². The second-order valence-electron chi connectivity index (χ2n) is 14.4. The molecule has 0 radical (unpaired) electrons. The third kappa shape index (κ3) is 20.3. The Morgan fingerprint density at radius 2 is 1.38 bits per heavy atom. The monoisotopic (exact) mass is 669 g/mol. The van der Waals surface area contributed by atoms with Gasteiger partial charge in [0.25, 0.3) is 0 Å². The van der Waals surface area contributed by atoms with Crippen LogP contribution in [0.5, 0.6) is 0 Å². The molecule has 0 spiro atoms. The molecule has 0 aromatic carbocycles. The molecule has 1 unspecified atom stereocenters. The van der Waals surface area contributed by atoms with E-state index in [0.29, 0.717) is 19.6 Å². The molecule has 1 aliphatic rings. The molecule has 1 rings (SSSR count). The van der Waals surface area contributed by atoms with Crippen LogP contribution in [0, 0.1) is 5.41 Å². The van der Waals surface area contributed by atoms with Crippen molar-refractivity contribution in [3.05, 3.63) is 0 Å². The van der Waals surface area contributed by atoms with Crippen LogP contribution in [0.1, 0.15) is 126 Å². The maximum atomic E-state index is 12.4. The smallest absolute Gasteiger partial charge is 0.394 e. The van der Waals surface area contributed by atoms with Crippen LogP contribution in [0.25, 0.3) is 0 Å². The fourth-order valence-electron chi connectivity index (χ4n) is 5.29. The van der Waals surface area contributed by atoms with Gasteiger partial charge in [0.15, 0.2) is 6.29 Å². The summed E-state index contributed by atoms with van der Waals surface area (Å²) in [7, 11) is -4.19. The van der Waals surface area contributed by atoms with Crippen molar-refractivity contribution in [2.45, 2.75) is 168 Å². The number of carbonyl (C=O) groups excluding carboxylic acids is 1. The van der Waals surface area contributed by atoms with Crippen molar-refractivity contribution in [1.82, 2.24) is 5.32 Å². The van der Waals surface area contributed by atoms with E-state index in [9.17, 15) is 29.6 Å². The summed E-state index contributed by atoms with van der Waals surface area (Å²) < 4.78 is 40.3. The molecule has 0 saturated carbocycles. The first-order valence-electron chi connectivity index (χ1n) is 16.7. The van der Waals surface area contributed by atoms with Crippen molar-refractivity contribution in [1.29, 1.82) is 0 Å². The second-order valence-corrected chi connectivity index (χ2v) is 15.8. The summed E-state index contributed by atoms with van der Waals surface area (Å²) in [6.07, 6.45) is 7.56. The maximum absolute atomic E-state index is 12.4. The van der Waals surface area contributed by atoms with Gasteiger partial charge in [0, 0.05) is 20.1 Å². The molecular weight excluding hydrogens is 605 g/mol. The summed E-state index contributed by atoms with van der Waals surface area (Å²) in [5.41, 5.74) is -0.873. The fourth-order valence-corrected chi connectivity index (χ4v) is 6.54. The topological polar surface area (TPSA) is 173 Å². The van der Waals surface area contributed by atoms with Gasteiger partial charge in [-0.1, -0.05) is 78.6 Å². The summed E-state index contributed by atoms with van der Waals surface area (Å²) in [5.74, 6) is -0.368. The average Bonchev–Trinajstić information content (AvgIpc) is 2.89. The van der Waals surface area contributed by atoms with Gasteiger partial charge < -0.3 is 39.7 Å². The van der Waals surface area contributed by atoms with E-state index in [2.05, 4.69) is 26.1 Å². The molecule has 0 bridgehead atoms. The molecule has 13 heteroatoms. The first-order chi connectivity index (χ1) is 20.9. The molecule has 1 fully saturated rings. The van der Waals surface area contributed by atoms with Crippen LogP contribution >= 0.6 is 7.82 Å². The maximum Gasteiger partial charge on any atom is 0.473 e. The minimum atomic E-state index is -4.19. The van der Waals surface area contributed by atoms with Crippen LogP contribution < -0.4 is 5.32 Å². The number of amides is 1. The zero-order valence-electron chi connectivity index (χ0n) is 28.9. The van der Waals surface area contributed by atoms with Gasteiger partial charge in [0.2, 0.25) is 5.91 Å². The zero-order chi connectivity index (χ0) is 34.1. The lowest BCUT2D eigenvalue weighted by atomic mass is 9.89. The molecule has 0 aromatic rings. The van der Waals surface area contributed by atoms with E-state index < -0.39 is 56.8 Å². The Hall–Kier alpha value is -0.660. The molecule has 12 nitrogen and oxygen atoms in total. The molecule has 1 saturated heterocycles. The number of nitrogens with one attached hydrogen (secondary N) is 1. The van der Waals surface area contributed by atoms with E-state index in [1.807, 2.05) is 0 Å². The SMILES string of the molecule is CC(=O)N[C@H]1[C@H](OCCCCCCCCCCCCCOC[C@@H](CC(C)(C)C)OP(=O)(O)OC(C)(C)C)O[C@H](CO)[C@H](O)[C@@H]1O. The van der Waals surface area contributed by atoms with Crippen LogP contribution in [0.3, 0.4) is 0 Å². The number of aliphatic hydroxyl groups excluding tert-OH is 3. The number of phosphoric acid groups is 1. The van der Waals surface area contributed by atoms with E-state index in [0.717, 1.165) is 44.9 Å². The number of rotatable bonds is 23. The van der Waals surface area contributed by atoms with E-state index in [1.165, 1.54) is 32.6 Å². The molecule has 0 aromatic heterocycles. The predicted molar refractivity (Wildman–Crippen MR) is 173 cm³/mol. The summed E-state index contributed by atoms with van der Waals surface area (Å²) in [5, 5.41) is 32.4. The summed E-state index contributed by atoms with van der Waals surface area (Å²) in [6, 6.07) is -0.902. The summed E-state index contributed by atoms with van der Waals surface area (Å²) >= 11 is 0. The minimum Gasteiger partial charge on any atom is -0.394 e. The quantitative estimate of drug-likeness (QED) is 0.0733. The van der Waals surface area contributed by atoms with Gasteiger partial charge in [0.1, 0.15) is 24.4 Å². The van der Waals surface area contributed by atoms with Gasteiger partial charge >= 0.3 is 7.82 Å². The molecule has 45 heavy (non-hydrogen) atoms. The molecule has 1 aliphatic heterocycles. The molecule has 1 amide bonds. The van der Waals surface area contributed by atoms with Gasteiger partial charge in [-0.3, -0.25) is 13.8 Å². The van der Waals surface area contributed by atoms with Crippen molar-refractivity contribution >= 4 is 13.7 Å². The largest absolute Gasteiger partial charge is 0.473 e. The number of carbonyl (C=O) groups is 1. The number of aliphatic hydroxyl groups is 3. The van der Waals surface area contributed by atoms with Crippen LogP contribution in [0.2, 0.25) is 0 Å². The van der Waals surface area contributed by atoms with Crippen LogP contribution in [0.15, 0.2) is 0 Å². The predicted octanol–water partition coefficient (Wildman–Crippen LogP) is 4.99. The van der Waals surface area contributed by atoms with Gasteiger partial charge in [-0.05, 0) is 45.4 Å². The molecule has 268 valence electrons. The van der Waals surface area contributed by atoms with E-state index in [-0.39, 0.29) is 17.9 Å². The third-order valence-corrected chi connectivity index (χ3v) is 8.62. The Morgan fingerprint density at radius 3 is 1.84 bits per heavy atom. The first-order valence-corrected chi connectivity index (χ1v) is 18.2. The first kappa shape index (κ1) is 42.4. The number of ether oxygens (including phenoxy) is 3. The molecule has 1 heterocycles. The minimum absolute atomic E-state index is 0.0867. The Morgan fingerprint density at radius 1 is 0.867 bits per heavy atom. The van der Waals surface area contributed by atoms with Gasteiger partial charge in [-0.2, -0.15) is 0 Å². The van der Waals surface area contributed by atoms with Gasteiger partial charge in [-0.15, -0.1) is 0 Å². The lowest BCUT2D eigenvalue weighted by molar-refractivity contribution is -0.270. The highest BCUT2D eigenvalue weighted by Crippen LogP contribution is 2.49. The standard InChI is InChI=1S/C32H64NO11P/c1-24(35)33-27-29(37)28(36)26(22-34)42-30(27)41-20-18-16-14-12-10-8-9-11-13-15-17-19-40-23-25(21-31(2,3)4)43-45(38,39)44-32(5,6)7/h25-30,34,36-37H,8-23H2,1-7H3,(H,33,35)(H,38,39)/t25-,26-,27-,28+,29-,30-/m1/s1. The molecule has 5 N–H and O–H groups in total. The van der Waals surface area contributed by atoms with Crippen molar-refractivity contribution in [2.75, 3.05) is 26.4 Å². The number of phosphoric ester groups is 1. The van der Waals surface area contributed by atoms with Gasteiger partial charge in [0.05, 0.1) is 24.9 Å². The average molecular weight is 670 g/mol. The van der Waals surface area contributed by atoms with Crippen LogP contribution in [-0.4, -0.2) is 94.9 Å². The van der Waals surface area contributed by atoms with Crippen LogP contribution in [-0.2, 0) is 32.6 Å². The lowest BCUT2D eigenvalue weighted by Crippen LogP contribution is -2.64. The lowest BCUT2D eigenvalue weighted by Gasteiger charge is -2.42. The Kier molecular flexibility index (Phi) is 20.1. The van der Waals surface area contributed by atoms with Gasteiger partial charge in [-0.25, -0.2) is 4.57 Å². The summed E-state index contributed by atoms with van der Waals surface area (Å²) in [6.45, 7) is 13.4. The number of hydrogen-bond donors (Lipinski definition) is 5. The highest BCUT2D eigenvalue weighted by Gasteiger charge is 2.45. The van der Waals surface area contributed by atoms with Crippen molar-refractivity contribution < 1.29 is 52.8 Å².